The minimum Gasteiger partial charge on any atom is -0.392 e. The van der Waals surface area contributed by atoms with Gasteiger partial charge in [-0.2, -0.15) is 0 Å². The maximum absolute atomic E-state index is 13.0. The third kappa shape index (κ3) is 8.06. The number of benzene rings is 5. The lowest BCUT2D eigenvalue weighted by atomic mass is 9.90. The number of aliphatic hydroxyl groups is 1. The number of aliphatic hydroxyl groups excluding tert-OH is 1. The molecule has 258 valence electrons. The van der Waals surface area contributed by atoms with Crippen LogP contribution in [0.3, 0.4) is 0 Å². The Kier molecular flexibility index (Phi) is 10.6. The number of rotatable bonds is 11. The Bertz CT molecular complexity index is 2070. The van der Waals surface area contributed by atoms with Gasteiger partial charge in [0.1, 0.15) is 5.69 Å². The molecule has 0 bridgehead atoms. The Morgan fingerprint density at radius 2 is 1.47 bits per heavy atom. The first kappa shape index (κ1) is 34.2. The Hall–Kier alpha value is -5.25. The van der Waals surface area contributed by atoms with Gasteiger partial charge in [-0.05, 0) is 52.6 Å². The van der Waals surface area contributed by atoms with Crippen molar-refractivity contribution < 1.29 is 19.4 Å². The molecule has 0 saturated carbocycles. The summed E-state index contributed by atoms with van der Waals surface area (Å²) < 4.78 is 13.4. The summed E-state index contributed by atoms with van der Waals surface area (Å²) in [4.78, 5) is 24.2. The predicted molar refractivity (Wildman–Crippen MR) is 198 cm³/mol. The van der Waals surface area contributed by atoms with Gasteiger partial charge in [0.05, 0.1) is 36.0 Å². The van der Waals surface area contributed by atoms with Crippen LogP contribution in [-0.4, -0.2) is 45.6 Å². The van der Waals surface area contributed by atoms with Crippen LogP contribution in [0.15, 0.2) is 134 Å². The molecular weight excluding hydrogens is 636 g/mol. The molecule has 0 spiro atoms. The van der Waals surface area contributed by atoms with Crippen LogP contribution in [-0.2, 0) is 29.2 Å². The van der Waals surface area contributed by atoms with Crippen LogP contribution in [0.25, 0.3) is 22.2 Å². The van der Waals surface area contributed by atoms with Crippen molar-refractivity contribution in [3.8, 4) is 11.1 Å². The lowest BCUT2D eigenvalue weighted by Gasteiger charge is -2.42. The second kappa shape index (κ2) is 15.7. The molecule has 7 rings (SSSR count). The van der Waals surface area contributed by atoms with Crippen molar-refractivity contribution in [1.29, 1.82) is 0 Å². The highest BCUT2D eigenvalue weighted by atomic mass is 16.7. The van der Waals surface area contributed by atoms with E-state index in [2.05, 4.69) is 88.8 Å². The molecular formula is C43H42N4O4. The fourth-order valence-electron chi connectivity index (χ4n) is 6.70. The van der Waals surface area contributed by atoms with E-state index in [1.54, 1.807) is 0 Å². The summed E-state index contributed by atoms with van der Waals surface area (Å²) in [7, 11) is 2.13. The molecule has 2 heterocycles. The summed E-state index contributed by atoms with van der Waals surface area (Å²) >= 11 is 0. The number of nitrogens with zero attached hydrogens (tertiary/aromatic N) is 3. The molecule has 1 fully saturated rings. The zero-order valence-electron chi connectivity index (χ0n) is 28.9. The van der Waals surface area contributed by atoms with E-state index in [1.165, 1.54) is 11.8 Å². The minimum atomic E-state index is -0.564. The third-order valence-electron chi connectivity index (χ3n) is 9.54. The predicted octanol–water partition coefficient (Wildman–Crippen LogP) is 7.64. The van der Waals surface area contributed by atoms with Crippen molar-refractivity contribution in [2.45, 2.75) is 45.1 Å². The number of fused-ring (bicyclic) bond motifs is 1. The first-order chi connectivity index (χ1) is 24.9. The molecule has 8 nitrogen and oxygen atoms in total. The topological polar surface area (TPSA) is 96.8 Å². The van der Waals surface area contributed by atoms with Gasteiger partial charge in [-0.3, -0.25) is 14.7 Å². The molecule has 1 saturated heterocycles. The van der Waals surface area contributed by atoms with Gasteiger partial charge in [0.15, 0.2) is 6.29 Å². The number of carbonyl (C=O) groups is 1. The van der Waals surface area contributed by atoms with E-state index in [0.717, 1.165) is 52.0 Å². The van der Waals surface area contributed by atoms with Gasteiger partial charge >= 0.3 is 0 Å². The van der Waals surface area contributed by atoms with Crippen molar-refractivity contribution in [3.05, 3.63) is 167 Å². The number of nitrogens with one attached hydrogen (secondary N) is 1. The summed E-state index contributed by atoms with van der Waals surface area (Å²) in [6.45, 7) is 4.09. The maximum atomic E-state index is 13.0. The van der Waals surface area contributed by atoms with Gasteiger partial charge in [-0.15, -0.1) is 0 Å². The number of amides is 1. The van der Waals surface area contributed by atoms with E-state index < -0.39 is 6.29 Å². The molecule has 8 heteroatoms. The van der Waals surface area contributed by atoms with Crippen molar-refractivity contribution in [3.63, 3.8) is 0 Å². The van der Waals surface area contributed by atoms with E-state index in [-0.39, 0.29) is 36.3 Å². The molecule has 1 aliphatic rings. The highest BCUT2D eigenvalue weighted by Crippen LogP contribution is 2.42. The summed E-state index contributed by atoms with van der Waals surface area (Å²) in [5, 5.41) is 12.6. The summed E-state index contributed by atoms with van der Waals surface area (Å²) in [6.07, 6.45) is 0.670. The Morgan fingerprint density at radius 1 is 0.784 bits per heavy atom. The molecule has 0 unspecified atom stereocenters. The minimum absolute atomic E-state index is 0.000977. The van der Waals surface area contributed by atoms with Gasteiger partial charge in [-0.1, -0.05) is 122 Å². The molecule has 0 radical (unpaired) electrons. The van der Waals surface area contributed by atoms with Crippen LogP contribution in [0.4, 0.5) is 0 Å². The second-order valence-corrected chi connectivity index (χ2v) is 13.2. The highest BCUT2D eigenvalue weighted by molar-refractivity contribution is 5.93. The van der Waals surface area contributed by atoms with Gasteiger partial charge in [0, 0.05) is 31.1 Å². The van der Waals surface area contributed by atoms with Gasteiger partial charge in [-0.25, -0.2) is 4.98 Å². The fraction of sp³-hybridized carbons (Fsp3) is 0.233. The van der Waals surface area contributed by atoms with E-state index in [9.17, 15) is 9.90 Å². The second-order valence-electron chi connectivity index (χ2n) is 13.2. The Labute approximate surface area is 298 Å². The van der Waals surface area contributed by atoms with Gasteiger partial charge < -0.3 is 19.9 Å². The largest absolute Gasteiger partial charge is 0.392 e. The lowest BCUT2D eigenvalue weighted by molar-refractivity contribution is -0.276. The lowest BCUT2D eigenvalue weighted by Crippen LogP contribution is -2.43. The maximum Gasteiger partial charge on any atom is 0.271 e. The number of hydrogen-bond acceptors (Lipinski definition) is 7. The first-order valence-electron chi connectivity index (χ1n) is 17.4. The number of carbonyl (C=O) groups excluding carboxylic acids is 1. The monoisotopic (exact) mass is 678 g/mol. The van der Waals surface area contributed by atoms with Gasteiger partial charge in [0.25, 0.3) is 5.91 Å². The van der Waals surface area contributed by atoms with E-state index in [4.69, 9.17) is 9.47 Å². The molecule has 1 aromatic heterocycles. The molecule has 5 aromatic carbocycles. The van der Waals surface area contributed by atoms with Crippen LogP contribution in [0.5, 0.6) is 0 Å². The zero-order valence-corrected chi connectivity index (χ0v) is 28.9. The van der Waals surface area contributed by atoms with E-state index >= 15 is 0 Å². The van der Waals surface area contributed by atoms with Gasteiger partial charge in [0.2, 0.25) is 0 Å². The number of likely N-dealkylation sites (N-methyl/N-ethyl adjacent to an activating group) is 1. The molecule has 1 amide bonds. The zero-order chi connectivity index (χ0) is 35.2. The molecule has 2 N–H and O–H groups in total. The molecule has 0 aliphatic carbocycles. The highest BCUT2D eigenvalue weighted by Gasteiger charge is 2.38. The normalized spacial score (nSPS) is 18.9. The van der Waals surface area contributed by atoms with Crippen LogP contribution in [0.1, 0.15) is 57.6 Å². The number of ether oxygens (including phenoxy) is 2. The Morgan fingerprint density at radius 3 is 2.24 bits per heavy atom. The van der Waals surface area contributed by atoms with Crippen molar-refractivity contribution >= 4 is 16.9 Å². The van der Waals surface area contributed by atoms with Crippen molar-refractivity contribution in [1.82, 2.24) is 20.2 Å². The number of hydrogen-bond donors (Lipinski definition) is 2. The van der Waals surface area contributed by atoms with Crippen molar-refractivity contribution in [2.24, 2.45) is 5.92 Å². The molecule has 51 heavy (non-hydrogen) atoms. The molecule has 1 aliphatic heterocycles. The number of para-hydroxylation sites is 2. The molecule has 6 aromatic rings. The molecule has 4 atom stereocenters. The standard InChI is InChI=1S/C43H42N4O4/c1-29-40(27-47(2)26-30-10-4-3-5-11-30)50-43(51-41(29)33-18-16-31(28-48)17-19-33)34-22-20-32(21-23-34)36-13-7-6-12-35(36)24-45-42(49)39-25-44-37-14-8-9-15-38(37)46-39/h3-23,25,29,40-41,43,48H,24,26-28H2,1-2H3,(H,45,49)/t29-,40+,41+,43+/m0/s1. The van der Waals surface area contributed by atoms with E-state index in [1.807, 2.05) is 72.8 Å². The first-order valence-corrected chi connectivity index (χ1v) is 17.4. The third-order valence-corrected chi connectivity index (χ3v) is 9.54. The quantitative estimate of drug-likeness (QED) is 0.145. The summed E-state index contributed by atoms with van der Waals surface area (Å²) in [5.74, 6) is -0.190. The average molecular weight is 679 g/mol. The SMILES string of the molecule is C[C@H]1[C@@H](CN(C)Cc2ccccc2)O[C@@H](c2ccc(-c3ccccc3CNC(=O)c3cnc4ccccc4n3)cc2)O[C@H]1c1ccc(CO)cc1. The average Bonchev–Trinajstić information content (AvgIpc) is 3.18. The fourth-order valence-corrected chi connectivity index (χ4v) is 6.70. The van der Waals surface area contributed by atoms with Crippen LogP contribution >= 0.6 is 0 Å². The summed E-state index contributed by atoms with van der Waals surface area (Å²) in [5.41, 5.74) is 8.86. The van der Waals surface area contributed by atoms with Crippen LogP contribution in [0.2, 0.25) is 0 Å². The van der Waals surface area contributed by atoms with Crippen LogP contribution in [0, 0.1) is 5.92 Å². The van der Waals surface area contributed by atoms with Crippen LogP contribution < -0.4 is 5.32 Å². The van der Waals surface area contributed by atoms with Crippen molar-refractivity contribution in [2.75, 3.05) is 13.6 Å². The number of aromatic nitrogens is 2. The summed E-state index contributed by atoms with van der Waals surface area (Å²) in [6, 6.07) is 42.3. The smallest absolute Gasteiger partial charge is 0.271 e. The Balaban J connectivity index is 1.08. The van der Waals surface area contributed by atoms with E-state index in [0.29, 0.717) is 12.1 Å².